The molecule has 0 unspecified atom stereocenters. The van der Waals surface area contributed by atoms with E-state index in [4.69, 9.17) is 5.73 Å². The molecule has 0 aromatic heterocycles. The lowest BCUT2D eigenvalue weighted by atomic mass is 10.1. The zero-order valence-electron chi connectivity index (χ0n) is 4.67. The van der Waals surface area contributed by atoms with Gasteiger partial charge in [0.05, 0.1) is 0 Å². The highest BCUT2D eigenvalue weighted by Gasteiger charge is 1.96. The minimum atomic E-state index is 0.441. The van der Waals surface area contributed by atoms with E-state index in [0.717, 1.165) is 0 Å². The quantitative estimate of drug-likeness (QED) is 0.505. The van der Waals surface area contributed by atoms with Crippen molar-refractivity contribution in [1.82, 2.24) is 5.32 Å². The normalized spacial score (nSPS) is 18.6. The molecule has 0 radical (unpaired) electrons. The summed E-state index contributed by atoms with van der Waals surface area (Å²) >= 11 is 0. The first kappa shape index (κ1) is 5.38. The monoisotopic (exact) mass is 110 g/mol. The molecule has 3 N–H and O–H groups in total. The van der Waals surface area contributed by atoms with E-state index in [1.54, 1.807) is 0 Å². The lowest BCUT2D eigenvalue weighted by Crippen LogP contribution is -2.13. The molecule has 1 aliphatic heterocycles. The summed E-state index contributed by atoms with van der Waals surface area (Å²) in [4.78, 5) is 0. The molecular formula is C6H10N2. The third-order valence-corrected chi connectivity index (χ3v) is 1.15. The first-order valence-electron chi connectivity index (χ1n) is 2.73. The summed E-state index contributed by atoms with van der Waals surface area (Å²) in [5.74, 6) is 0.441. The molecule has 0 bridgehead atoms. The van der Waals surface area contributed by atoms with Gasteiger partial charge in [-0.15, -0.1) is 0 Å². The van der Waals surface area contributed by atoms with Crippen molar-refractivity contribution in [3.63, 3.8) is 0 Å². The molecule has 0 aromatic carbocycles. The van der Waals surface area contributed by atoms with E-state index in [9.17, 15) is 0 Å². The maximum Gasteiger partial charge on any atom is 0.0104 e. The number of nitrogens with one attached hydrogen (secondary N) is 1. The molecule has 1 aliphatic rings. The van der Waals surface area contributed by atoms with Gasteiger partial charge in [0.25, 0.3) is 0 Å². The van der Waals surface area contributed by atoms with Crippen molar-refractivity contribution in [2.45, 2.75) is 0 Å². The average Bonchev–Trinajstić information content (AvgIpc) is 1.90. The van der Waals surface area contributed by atoms with Crippen molar-refractivity contribution < 1.29 is 0 Å². The van der Waals surface area contributed by atoms with Gasteiger partial charge in [0, 0.05) is 12.5 Å². The summed E-state index contributed by atoms with van der Waals surface area (Å²) in [6.45, 7) is 0.703. The number of nitrogens with two attached hydrogens (primary N) is 1. The van der Waals surface area contributed by atoms with Gasteiger partial charge in [-0.05, 0) is 12.4 Å². The molecule has 0 fully saturated rings. The van der Waals surface area contributed by atoms with Crippen molar-refractivity contribution in [3.05, 3.63) is 24.6 Å². The molecular weight excluding hydrogens is 100 g/mol. The van der Waals surface area contributed by atoms with Crippen LogP contribution in [0.2, 0.25) is 0 Å². The third kappa shape index (κ3) is 1.10. The van der Waals surface area contributed by atoms with E-state index in [1.807, 2.05) is 24.6 Å². The average molecular weight is 110 g/mol. The summed E-state index contributed by atoms with van der Waals surface area (Å²) < 4.78 is 0. The van der Waals surface area contributed by atoms with Gasteiger partial charge in [-0.2, -0.15) is 0 Å². The molecule has 0 aromatic rings. The third-order valence-electron chi connectivity index (χ3n) is 1.15. The maximum atomic E-state index is 5.37. The lowest BCUT2D eigenvalue weighted by Gasteiger charge is -2.06. The van der Waals surface area contributed by atoms with E-state index < -0.39 is 0 Å². The number of hydrogen-bond acceptors (Lipinski definition) is 2. The van der Waals surface area contributed by atoms with E-state index >= 15 is 0 Å². The Bertz CT molecular complexity index is 104. The van der Waals surface area contributed by atoms with Gasteiger partial charge in [-0.25, -0.2) is 0 Å². The van der Waals surface area contributed by atoms with Gasteiger partial charge in [0.1, 0.15) is 0 Å². The molecule has 1 rings (SSSR count). The standard InChI is InChI=1S/C6H10N2/c7-5-6-1-3-8-4-2-6/h1-4,6,8H,5,7H2. The molecule has 0 aliphatic carbocycles. The molecule has 0 atom stereocenters. The van der Waals surface area contributed by atoms with Crippen LogP contribution in [0.25, 0.3) is 0 Å². The summed E-state index contributed by atoms with van der Waals surface area (Å²) in [6, 6.07) is 0. The molecule has 8 heavy (non-hydrogen) atoms. The van der Waals surface area contributed by atoms with Crippen LogP contribution in [0, 0.1) is 5.92 Å². The second kappa shape index (κ2) is 2.52. The Morgan fingerprint density at radius 1 is 1.38 bits per heavy atom. The van der Waals surface area contributed by atoms with Crippen LogP contribution in [0.15, 0.2) is 24.6 Å². The SMILES string of the molecule is NCC1C=CNC=C1. The molecule has 0 amide bonds. The largest absolute Gasteiger partial charge is 0.368 e. The highest BCUT2D eigenvalue weighted by Crippen LogP contribution is 1.99. The highest BCUT2D eigenvalue weighted by molar-refractivity contribution is 5.06. The van der Waals surface area contributed by atoms with Crippen molar-refractivity contribution in [3.8, 4) is 0 Å². The minimum Gasteiger partial charge on any atom is -0.368 e. The van der Waals surface area contributed by atoms with Crippen LogP contribution in [0.1, 0.15) is 0 Å². The van der Waals surface area contributed by atoms with Gasteiger partial charge in [-0.1, -0.05) is 12.2 Å². The van der Waals surface area contributed by atoms with Crippen molar-refractivity contribution in [2.24, 2.45) is 11.7 Å². The Morgan fingerprint density at radius 3 is 2.38 bits per heavy atom. The van der Waals surface area contributed by atoms with Gasteiger partial charge < -0.3 is 11.1 Å². The van der Waals surface area contributed by atoms with Crippen molar-refractivity contribution in [2.75, 3.05) is 6.54 Å². The van der Waals surface area contributed by atoms with E-state index in [0.29, 0.717) is 12.5 Å². The van der Waals surface area contributed by atoms with Crippen LogP contribution in [0.5, 0.6) is 0 Å². The highest BCUT2D eigenvalue weighted by atomic mass is 14.8. The Kier molecular flexibility index (Phi) is 1.70. The van der Waals surface area contributed by atoms with E-state index in [-0.39, 0.29) is 0 Å². The van der Waals surface area contributed by atoms with Gasteiger partial charge in [0.2, 0.25) is 0 Å². The van der Waals surface area contributed by atoms with Crippen molar-refractivity contribution in [1.29, 1.82) is 0 Å². The molecule has 0 spiro atoms. The fourth-order valence-electron chi connectivity index (χ4n) is 0.635. The lowest BCUT2D eigenvalue weighted by molar-refractivity contribution is 0.793. The van der Waals surface area contributed by atoms with Crippen LogP contribution >= 0.6 is 0 Å². The van der Waals surface area contributed by atoms with E-state index in [2.05, 4.69) is 5.32 Å². The topological polar surface area (TPSA) is 38.0 Å². The molecule has 0 saturated carbocycles. The van der Waals surface area contributed by atoms with Crippen LogP contribution in [-0.2, 0) is 0 Å². The predicted molar refractivity (Wildman–Crippen MR) is 34.0 cm³/mol. The van der Waals surface area contributed by atoms with Crippen LogP contribution in [0.3, 0.4) is 0 Å². The maximum absolute atomic E-state index is 5.37. The molecule has 2 heteroatoms. The van der Waals surface area contributed by atoms with Crippen LogP contribution < -0.4 is 11.1 Å². The fraction of sp³-hybridized carbons (Fsp3) is 0.333. The fourth-order valence-corrected chi connectivity index (χ4v) is 0.635. The van der Waals surface area contributed by atoms with Crippen LogP contribution in [-0.4, -0.2) is 6.54 Å². The smallest absolute Gasteiger partial charge is 0.0104 e. The van der Waals surface area contributed by atoms with Crippen molar-refractivity contribution >= 4 is 0 Å². The second-order valence-corrected chi connectivity index (χ2v) is 1.78. The van der Waals surface area contributed by atoms with Gasteiger partial charge >= 0.3 is 0 Å². The zero-order chi connectivity index (χ0) is 5.82. The second-order valence-electron chi connectivity index (χ2n) is 1.78. The van der Waals surface area contributed by atoms with Gasteiger partial charge in [0.15, 0.2) is 0 Å². The summed E-state index contributed by atoms with van der Waals surface area (Å²) in [5.41, 5.74) is 5.37. The molecule has 44 valence electrons. The van der Waals surface area contributed by atoms with E-state index in [1.165, 1.54) is 0 Å². The Balaban J connectivity index is 2.42. The van der Waals surface area contributed by atoms with Gasteiger partial charge in [-0.3, -0.25) is 0 Å². The first-order chi connectivity index (χ1) is 3.93. The summed E-state index contributed by atoms with van der Waals surface area (Å²) in [5, 5.41) is 2.93. The number of hydrogen-bond donors (Lipinski definition) is 2. The summed E-state index contributed by atoms with van der Waals surface area (Å²) in [6.07, 6.45) is 7.88. The first-order valence-corrected chi connectivity index (χ1v) is 2.73. The number of dihydropyridines is 1. The number of rotatable bonds is 1. The Labute approximate surface area is 49.1 Å². The molecule has 1 heterocycles. The summed E-state index contributed by atoms with van der Waals surface area (Å²) in [7, 11) is 0. The minimum absolute atomic E-state index is 0.441. The Hall–Kier alpha value is -0.760. The predicted octanol–water partition coefficient (Wildman–Crippen LogP) is 0.192. The van der Waals surface area contributed by atoms with Crippen LogP contribution in [0.4, 0.5) is 0 Å². The Morgan fingerprint density at radius 2 is 2.00 bits per heavy atom. The molecule has 2 nitrogen and oxygen atoms in total. The molecule has 0 saturated heterocycles. The zero-order valence-corrected chi connectivity index (χ0v) is 4.67.